The zero-order chi connectivity index (χ0) is 12.3. The van der Waals surface area contributed by atoms with Gasteiger partial charge in [-0.25, -0.2) is 0 Å². The van der Waals surface area contributed by atoms with Crippen LogP contribution in [0.5, 0.6) is 0 Å². The van der Waals surface area contributed by atoms with Crippen LogP contribution in [-0.2, 0) is 9.47 Å². The highest BCUT2D eigenvalue weighted by atomic mass is 79.9. The second kappa shape index (κ2) is 5.80. The van der Waals surface area contributed by atoms with E-state index in [1.807, 2.05) is 7.05 Å². The van der Waals surface area contributed by atoms with E-state index in [1.165, 1.54) is 5.56 Å². The molecule has 2 rings (SSSR count). The zero-order valence-electron chi connectivity index (χ0n) is 10.2. The molecular formula is C12H18BrNO2S. The van der Waals surface area contributed by atoms with Gasteiger partial charge in [-0.05, 0) is 33.9 Å². The van der Waals surface area contributed by atoms with E-state index >= 15 is 0 Å². The Morgan fingerprint density at radius 2 is 2.18 bits per heavy atom. The Hall–Kier alpha value is 0.0600. The molecule has 0 aliphatic carbocycles. The van der Waals surface area contributed by atoms with Crippen molar-refractivity contribution in [2.45, 2.75) is 24.5 Å². The van der Waals surface area contributed by atoms with Crippen LogP contribution in [0.25, 0.3) is 0 Å². The Kier molecular flexibility index (Phi) is 4.60. The van der Waals surface area contributed by atoms with Crippen LogP contribution in [0, 0.1) is 0 Å². The van der Waals surface area contributed by atoms with E-state index in [0.717, 1.165) is 30.5 Å². The van der Waals surface area contributed by atoms with Crippen LogP contribution in [0.15, 0.2) is 15.2 Å². The molecule has 1 aliphatic heterocycles. The van der Waals surface area contributed by atoms with Crippen molar-refractivity contribution >= 4 is 27.3 Å². The maximum atomic E-state index is 5.85. The van der Waals surface area contributed by atoms with Gasteiger partial charge in [0.05, 0.1) is 11.6 Å². The topological polar surface area (TPSA) is 30.5 Å². The molecule has 0 radical (unpaired) electrons. The number of rotatable bonds is 4. The van der Waals surface area contributed by atoms with Gasteiger partial charge in [-0.15, -0.1) is 0 Å². The van der Waals surface area contributed by atoms with E-state index in [-0.39, 0.29) is 11.6 Å². The lowest BCUT2D eigenvalue weighted by atomic mass is 9.83. The smallest absolute Gasteiger partial charge is 0.0916 e. The van der Waals surface area contributed by atoms with Crippen LogP contribution in [0.2, 0.25) is 0 Å². The molecule has 0 amide bonds. The Balaban J connectivity index is 2.29. The van der Waals surface area contributed by atoms with E-state index in [0.29, 0.717) is 0 Å². The standard InChI is InChI=1S/C12H18BrNO2S/c1-14-11(9-7-17-8-10(9)13)12(15-2)3-5-16-6-4-12/h7-8,11,14H,3-6H2,1-2H3. The number of hydrogen-bond donors (Lipinski definition) is 1. The number of nitrogens with one attached hydrogen (secondary N) is 1. The van der Waals surface area contributed by atoms with Crippen LogP contribution in [0.3, 0.4) is 0 Å². The van der Waals surface area contributed by atoms with Crippen LogP contribution >= 0.6 is 27.3 Å². The first-order valence-corrected chi connectivity index (χ1v) is 7.49. The predicted octanol–water partition coefficient (Wildman–Crippen LogP) is 2.97. The second-order valence-electron chi connectivity index (χ2n) is 4.28. The molecule has 96 valence electrons. The monoisotopic (exact) mass is 319 g/mol. The highest BCUT2D eigenvalue weighted by molar-refractivity contribution is 9.10. The van der Waals surface area contributed by atoms with E-state index in [4.69, 9.17) is 9.47 Å². The molecule has 1 aromatic rings. The van der Waals surface area contributed by atoms with Gasteiger partial charge in [-0.3, -0.25) is 0 Å². The number of likely N-dealkylation sites (N-methyl/N-ethyl adjacent to an activating group) is 1. The average Bonchev–Trinajstić information content (AvgIpc) is 2.78. The van der Waals surface area contributed by atoms with E-state index < -0.39 is 0 Å². The molecule has 1 fully saturated rings. The predicted molar refractivity (Wildman–Crippen MR) is 73.6 cm³/mol. The highest BCUT2D eigenvalue weighted by Crippen LogP contribution is 2.40. The molecule has 1 unspecified atom stereocenters. The van der Waals surface area contributed by atoms with Gasteiger partial charge in [-0.2, -0.15) is 11.3 Å². The van der Waals surface area contributed by atoms with E-state index in [1.54, 1.807) is 18.4 Å². The summed E-state index contributed by atoms with van der Waals surface area (Å²) >= 11 is 5.32. The minimum atomic E-state index is -0.156. The first-order valence-electron chi connectivity index (χ1n) is 5.75. The Morgan fingerprint density at radius 3 is 2.65 bits per heavy atom. The quantitative estimate of drug-likeness (QED) is 0.925. The lowest BCUT2D eigenvalue weighted by molar-refractivity contribution is -0.110. The number of hydrogen-bond acceptors (Lipinski definition) is 4. The SMILES string of the molecule is CNC(c1cscc1Br)C1(OC)CCOCC1. The molecule has 5 heteroatoms. The fourth-order valence-corrected chi connectivity index (χ4v) is 4.08. The Labute approximate surface area is 115 Å². The number of thiophene rings is 1. The number of halogens is 1. The molecule has 0 spiro atoms. The van der Waals surface area contributed by atoms with Crippen molar-refractivity contribution in [1.29, 1.82) is 0 Å². The summed E-state index contributed by atoms with van der Waals surface area (Å²) < 4.78 is 12.5. The van der Waals surface area contributed by atoms with Gasteiger partial charge >= 0.3 is 0 Å². The van der Waals surface area contributed by atoms with Gasteiger partial charge in [0.1, 0.15) is 0 Å². The third-order valence-electron chi connectivity index (χ3n) is 3.51. The van der Waals surface area contributed by atoms with E-state index in [9.17, 15) is 0 Å². The molecule has 1 N–H and O–H groups in total. The van der Waals surface area contributed by atoms with Gasteiger partial charge in [-0.1, -0.05) is 0 Å². The van der Waals surface area contributed by atoms with Crippen molar-refractivity contribution in [2.24, 2.45) is 0 Å². The van der Waals surface area contributed by atoms with Crippen molar-refractivity contribution in [2.75, 3.05) is 27.4 Å². The minimum Gasteiger partial charge on any atom is -0.381 e. The summed E-state index contributed by atoms with van der Waals surface area (Å²) in [6, 6.07) is 0.206. The average molecular weight is 320 g/mol. The van der Waals surface area contributed by atoms with Crippen molar-refractivity contribution in [3.8, 4) is 0 Å². The number of ether oxygens (including phenoxy) is 2. The third kappa shape index (κ3) is 2.58. The summed E-state index contributed by atoms with van der Waals surface area (Å²) in [5.41, 5.74) is 1.12. The van der Waals surface area contributed by atoms with Gasteiger partial charge in [0, 0.05) is 43.0 Å². The fourth-order valence-electron chi connectivity index (χ4n) is 2.53. The largest absolute Gasteiger partial charge is 0.381 e. The summed E-state index contributed by atoms with van der Waals surface area (Å²) in [6.45, 7) is 1.54. The van der Waals surface area contributed by atoms with Crippen LogP contribution < -0.4 is 5.32 Å². The zero-order valence-corrected chi connectivity index (χ0v) is 12.6. The maximum absolute atomic E-state index is 5.85. The third-order valence-corrected chi connectivity index (χ3v) is 5.27. The molecule has 0 saturated carbocycles. The van der Waals surface area contributed by atoms with Crippen molar-refractivity contribution in [3.05, 3.63) is 20.8 Å². The van der Waals surface area contributed by atoms with Gasteiger partial charge < -0.3 is 14.8 Å². The van der Waals surface area contributed by atoms with Crippen molar-refractivity contribution in [3.63, 3.8) is 0 Å². The lowest BCUT2D eigenvalue weighted by Crippen LogP contribution is -2.48. The van der Waals surface area contributed by atoms with Crippen molar-refractivity contribution < 1.29 is 9.47 Å². The molecular weight excluding hydrogens is 302 g/mol. The molecule has 1 aromatic heterocycles. The summed E-state index contributed by atoms with van der Waals surface area (Å²) in [7, 11) is 3.79. The van der Waals surface area contributed by atoms with E-state index in [2.05, 4.69) is 32.0 Å². The molecule has 1 saturated heterocycles. The van der Waals surface area contributed by atoms with Gasteiger partial charge in [0.25, 0.3) is 0 Å². The second-order valence-corrected chi connectivity index (χ2v) is 5.88. The molecule has 17 heavy (non-hydrogen) atoms. The molecule has 0 bridgehead atoms. The fraction of sp³-hybridized carbons (Fsp3) is 0.667. The maximum Gasteiger partial charge on any atom is 0.0916 e. The number of methoxy groups -OCH3 is 1. The molecule has 0 aromatic carbocycles. The first-order chi connectivity index (χ1) is 8.23. The summed E-state index contributed by atoms with van der Waals surface area (Å²) in [5.74, 6) is 0. The Morgan fingerprint density at radius 1 is 1.47 bits per heavy atom. The summed E-state index contributed by atoms with van der Waals surface area (Å²) in [5, 5.41) is 7.70. The highest BCUT2D eigenvalue weighted by Gasteiger charge is 2.41. The normalized spacial score (nSPS) is 21.4. The van der Waals surface area contributed by atoms with Crippen molar-refractivity contribution in [1.82, 2.24) is 5.32 Å². The first kappa shape index (κ1) is 13.5. The van der Waals surface area contributed by atoms with Crippen LogP contribution in [0.1, 0.15) is 24.4 Å². The van der Waals surface area contributed by atoms with Gasteiger partial charge in [0.2, 0.25) is 0 Å². The Bertz CT molecular complexity index is 363. The molecule has 2 heterocycles. The molecule has 1 atom stereocenters. The van der Waals surface area contributed by atoms with Crippen LogP contribution in [-0.4, -0.2) is 33.0 Å². The minimum absolute atomic E-state index is 0.156. The molecule has 3 nitrogen and oxygen atoms in total. The van der Waals surface area contributed by atoms with Crippen LogP contribution in [0.4, 0.5) is 0 Å². The molecule has 1 aliphatic rings. The lowest BCUT2D eigenvalue weighted by Gasteiger charge is -2.42. The summed E-state index contributed by atoms with van der Waals surface area (Å²) in [6.07, 6.45) is 1.86. The van der Waals surface area contributed by atoms with Gasteiger partial charge in [0.15, 0.2) is 0 Å². The summed E-state index contributed by atoms with van der Waals surface area (Å²) in [4.78, 5) is 0.